The lowest BCUT2D eigenvalue weighted by Gasteiger charge is -1.90. The fourth-order valence-electron chi connectivity index (χ4n) is 1.34. The van der Waals surface area contributed by atoms with Gasteiger partial charge >= 0.3 is 0 Å². The second kappa shape index (κ2) is 3.00. The molecular weight excluding hydrogens is 232 g/mol. The Hall–Kier alpha value is -1.09. The zero-order valence-electron chi connectivity index (χ0n) is 7.00. The summed E-state index contributed by atoms with van der Waals surface area (Å²) in [5.74, 6) is 0.405. The molecule has 2 rings (SSSR count). The number of halogens is 1. The van der Waals surface area contributed by atoms with Crippen LogP contribution in [0.25, 0.3) is 11.0 Å². The molecule has 0 aliphatic heterocycles. The Kier molecular flexibility index (Phi) is 1.96. The third kappa shape index (κ3) is 1.20. The van der Waals surface area contributed by atoms with Crippen molar-refractivity contribution in [2.45, 2.75) is 6.92 Å². The van der Waals surface area contributed by atoms with Crippen molar-refractivity contribution in [2.75, 3.05) is 0 Å². The maximum atomic E-state index is 10.6. The lowest BCUT2D eigenvalue weighted by atomic mass is 10.1. The van der Waals surface area contributed by atoms with Crippen LogP contribution in [0.5, 0.6) is 0 Å². The molecule has 0 bridgehead atoms. The quantitative estimate of drug-likeness (QED) is 0.714. The number of carbonyl (C=O) groups excluding carboxylic acids is 1. The van der Waals surface area contributed by atoms with Gasteiger partial charge in [-0.3, -0.25) is 4.79 Å². The molecule has 0 unspecified atom stereocenters. The summed E-state index contributed by atoms with van der Waals surface area (Å²) in [5, 5.41) is 0.983. The van der Waals surface area contributed by atoms with E-state index in [0.29, 0.717) is 5.76 Å². The average Bonchev–Trinajstić information content (AvgIpc) is 2.45. The highest BCUT2D eigenvalue weighted by molar-refractivity contribution is 9.10. The Morgan fingerprint density at radius 1 is 1.46 bits per heavy atom. The van der Waals surface area contributed by atoms with E-state index in [-0.39, 0.29) is 0 Å². The van der Waals surface area contributed by atoms with E-state index in [9.17, 15) is 4.79 Å². The van der Waals surface area contributed by atoms with E-state index in [4.69, 9.17) is 4.42 Å². The second-order valence-electron chi connectivity index (χ2n) is 2.83. The fourth-order valence-corrected chi connectivity index (χ4v) is 1.79. The smallest absolute Gasteiger partial charge is 0.185 e. The summed E-state index contributed by atoms with van der Waals surface area (Å²) >= 11 is 3.36. The van der Waals surface area contributed by atoms with Gasteiger partial charge in [0.05, 0.1) is 4.47 Å². The van der Waals surface area contributed by atoms with Gasteiger partial charge in [0.1, 0.15) is 5.58 Å². The molecule has 0 saturated heterocycles. The minimum Gasteiger partial charge on any atom is -0.452 e. The molecule has 1 aromatic carbocycles. The normalized spacial score (nSPS) is 10.6. The van der Waals surface area contributed by atoms with Crippen LogP contribution in [0.15, 0.2) is 27.1 Å². The van der Waals surface area contributed by atoms with Crippen molar-refractivity contribution < 1.29 is 9.21 Å². The molecule has 66 valence electrons. The molecule has 3 heteroatoms. The molecule has 0 radical (unpaired) electrons. The minimum absolute atomic E-state index is 0.405. The van der Waals surface area contributed by atoms with Gasteiger partial charge in [-0.2, -0.15) is 0 Å². The molecule has 13 heavy (non-hydrogen) atoms. The van der Waals surface area contributed by atoms with E-state index < -0.39 is 0 Å². The van der Waals surface area contributed by atoms with Gasteiger partial charge in [0.15, 0.2) is 12.0 Å². The highest BCUT2D eigenvalue weighted by Crippen LogP contribution is 2.29. The Bertz CT molecular complexity index is 471. The highest BCUT2D eigenvalue weighted by atomic mass is 79.9. The Labute approximate surface area is 83.7 Å². The number of hydrogen-bond donors (Lipinski definition) is 0. The van der Waals surface area contributed by atoms with Crippen LogP contribution in [0.1, 0.15) is 16.1 Å². The summed E-state index contributed by atoms with van der Waals surface area (Å²) in [7, 11) is 0. The molecule has 0 spiro atoms. The first-order valence-electron chi connectivity index (χ1n) is 3.87. The standard InChI is InChI=1S/C10H7BrO2/c1-6-7-3-2-4-8(11)10(7)13-9(6)5-12/h2-5H,1H3. The van der Waals surface area contributed by atoms with Crippen LogP contribution in [-0.2, 0) is 0 Å². The van der Waals surface area contributed by atoms with Crippen LogP contribution >= 0.6 is 15.9 Å². The van der Waals surface area contributed by atoms with E-state index in [1.165, 1.54) is 0 Å². The SMILES string of the molecule is Cc1c(C=O)oc2c(Br)cccc12. The first-order chi connectivity index (χ1) is 6.24. The number of para-hydroxylation sites is 1. The number of aryl methyl sites for hydroxylation is 1. The molecule has 1 aromatic heterocycles. The van der Waals surface area contributed by atoms with Crippen molar-refractivity contribution >= 4 is 33.2 Å². The lowest BCUT2D eigenvalue weighted by Crippen LogP contribution is -1.76. The maximum Gasteiger partial charge on any atom is 0.185 e. The molecule has 0 atom stereocenters. The molecule has 2 nitrogen and oxygen atoms in total. The lowest BCUT2D eigenvalue weighted by molar-refractivity contribution is 0.110. The number of fused-ring (bicyclic) bond motifs is 1. The number of benzene rings is 1. The van der Waals surface area contributed by atoms with Crippen LogP contribution in [0.4, 0.5) is 0 Å². The summed E-state index contributed by atoms with van der Waals surface area (Å²) in [6.45, 7) is 1.88. The van der Waals surface area contributed by atoms with Crippen molar-refractivity contribution in [3.63, 3.8) is 0 Å². The summed E-state index contributed by atoms with van der Waals surface area (Å²) < 4.78 is 6.24. The zero-order valence-corrected chi connectivity index (χ0v) is 8.59. The first-order valence-corrected chi connectivity index (χ1v) is 4.66. The predicted molar refractivity (Wildman–Crippen MR) is 54.0 cm³/mol. The van der Waals surface area contributed by atoms with Crippen LogP contribution in [0.2, 0.25) is 0 Å². The molecule has 0 N–H and O–H groups in total. The summed E-state index contributed by atoms with van der Waals surface area (Å²) in [4.78, 5) is 10.6. The zero-order chi connectivity index (χ0) is 9.42. The van der Waals surface area contributed by atoms with Crippen LogP contribution in [-0.4, -0.2) is 6.29 Å². The third-order valence-electron chi connectivity index (χ3n) is 2.06. The summed E-state index contributed by atoms with van der Waals surface area (Å²) in [6, 6.07) is 5.75. The highest BCUT2D eigenvalue weighted by Gasteiger charge is 2.10. The van der Waals surface area contributed by atoms with Crippen molar-refractivity contribution in [1.82, 2.24) is 0 Å². The van der Waals surface area contributed by atoms with Crippen molar-refractivity contribution in [2.24, 2.45) is 0 Å². The van der Waals surface area contributed by atoms with Crippen LogP contribution in [0.3, 0.4) is 0 Å². The molecule has 2 aromatic rings. The van der Waals surface area contributed by atoms with E-state index in [0.717, 1.165) is 27.3 Å². The Morgan fingerprint density at radius 2 is 2.23 bits per heavy atom. The summed E-state index contributed by atoms with van der Waals surface area (Å²) in [5.41, 5.74) is 1.63. The van der Waals surface area contributed by atoms with Crippen molar-refractivity contribution in [3.05, 3.63) is 34.0 Å². The van der Waals surface area contributed by atoms with Gasteiger partial charge in [0.25, 0.3) is 0 Å². The van der Waals surface area contributed by atoms with Gasteiger partial charge in [-0.25, -0.2) is 0 Å². The van der Waals surface area contributed by atoms with Gasteiger partial charge < -0.3 is 4.42 Å². The van der Waals surface area contributed by atoms with Crippen LogP contribution < -0.4 is 0 Å². The number of furan rings is 1. The van der Waals surface area contributed by atoms with E-state index >= 15 is 0 Å². The van der Waals surface area contributed by atoms with Gasteiger partial charge in [-0.15, -0.1) is 0 Å². The fraction of sp³-hybridized carbons (Fsp3) is 0.100. The molecule has 1 heterocycles. The topological polar surface area (TPSA) is 30.2 Å². The molecule has 0 aliphatic rings. The van der Waals surface area contributed by atoms with E-state index in [2.05, 4.69) is 15.9 Å². The van der Waals surface area contributed by atoms with Gasteiger partial charge in [-0.1, -0.05) is 12.1 Å². The Balaban J connectivity index is 2.91. The second-order valence-corrected chi connectivity index (χ2v) is 3.68. The molecule has 0 fully saturated rings. The Morgan fingerprint density at radius 3 is 2.85 bits per heavy atom. The molecule has 0 aliphatic carbocycles. The van der Waals surface area contributed by atoms with E-state index in [1.807, 2.05) is 25.1 Å². The minimum atomic E-state index is 0.405. The van der Waals surface area contributed by atoms with Gasteiger partial charge in [0.2, 0.25) is 0 Å². The predicted octanol–water partition coefficient (Wildman–Crippen LogP) is 3.32. The number of carbonyl (C=O) groups is 1. The number of rotatable bonds is 1. The molecule has 0 amide bonds. The molecule has 0 saturated carbocycles. The van der Waals surface area contributed by atoms with Crippen LogP contribution in [0, 0.1) is 6.92 Å². The van der Waals surface area contributed by atoms with E-state index in [1.54, 1.807) is 0 Å². The molecular formula is C10H7BrO2. The average molecular weight is 239 g/mol. The largest absolute Gasteiger partial charge is 0.452 e. The van der Waals surface area contributed by atoms with Gasteiger partial charge in [0, 0.05) is 10.9 Å². The van der Waals surface area contributed by atoms with Gasteiger partial charge in [-0.05, 0) is 28.9 Å². The third-order valence-corrected chi connectivity index (χ3v) is 2.68. The monoisotopic (exact) mass is 238 g/mol. The van der Waals surface area contributed by atoms with Crippen molar-refractivity contribution in [3.8, 4) is 0 Å². The van der Waals surface area contributed by atoms with Crippen molar-refractivity contribution in [1.29, 1.82) is 0 Å². The first kappa shape index (κ1) is 8.51. The summed E-state index contributed by atoms with van der Waals surface area (Å²) in [6.07, 6.45) is 0.738. The number of aldehydes is 1. The number of hydrogen-bond acceptors (Lipinski definition) is 2. The maximum absolute atomic E-state index is 10.6.